The monoisotopic (exact) mass is 423 g/mol. The second-order valence-electron chi connectivity index (χ2n) is 7.53. The lowest BCUT2D eigenvalue weighted by Crippen LogP contribution is -3.09. The molecule has 0 bridgehead atoms. The lowest BCUT2D eigenvalue weighted by molar-refractivity contribution is -0.915. The van der Waals surface area contributed by atoms with Crippen molar-refractivity contribution in [3.8, 4) is 11.5 Å². The predicted molar refractivity (Wildman–Crippen MR) is 119 cm³/mol. The van der Waals surface area contributed by atoms with Crippen LogP contribution in [0.4, 0.5) is 10.1 Å². The van der Waals surface area contributed by atoms with Crippen molar-refractivity contribution in [1.29, 1.82) is 0 Å². The number of carbonyl (C=O) groups excluding carboxylic acids is 1. The average molecular weight is 424 g/mol. The number of amides is 1. The molecule has 5 nitrogen and oxygen atoms in total. The van der Waals surface area contributed by atoms with Crippen molar-refractivity contribution < 1.29 is 23.6 Å². The molecule has 2 N–H and O–H groups in total. The van der Waals surface area contributed by atoms with Crippen molar-refractivity contribution in [1.82, 2.24) is 0 Å². The molecule has 3 rings (SSSR count). The molecule has 6 heteroatoms. The molecule has 0 saturated carbocycles. The van der Waals surface area contributed by atoms with Crippen LogP contribution in [0, 0.1) is 12.7 Å². The van der Waals surface area contributed by atoms with E-state index < -0.39 is 11.9 Å². The number of carbonyl (C=O) groups is 1. The molecule has 0 aliphatic carbocycles. The van der Waals surface area contributed by atoms with Gasteiger partial charge in [0, 0.05) is 11.1 Å². The molecular weight excluding hydrogens is 395 g/mol. The van der Waals surface area contributed by atoms with Gasteiger partial charge in [-0.05, 0) is 42.8 Å². The molecule has 0 aromatic heterocycles. The fourth-order valence-corrected chi connectivity index (χ4v) is 3.67. The van der Waals surface area contributed by atoms with E-state index >= 15 is 0 Å². The van der Waals surface area contributed by atoms with Gasteiger partial charge < -0.3 is 19.7 Å². The first-order valence-electron chi connectivity index (χ1n) is 10.1. The average Bonchev–Trinajstić information content (AvgIpc) is 2.75. The summed E-state index contributed by atoms with van der Waals surface area (Å²) >= 11 is 0. The number of quaternary nitrogens is 1. The minimum absolute atomic E-state index is 0.165. The van der Waals surface area contributed by atoms with Crippen molar-refractivity contribution in [2.45, 2.75) is 19.5 Å². The highest BCUT2D eigenvalue weighted by Crippen LogP contribution is 2.26. The fourth-order valence-electron chi connectivity index (χ4n) is 3.67. The number of methoxy groups -OCH3 is 2. The Kier molecular flexibility index (Phi) is 7.26. The Labute approximate surface area is 182 Å². The van der Waals surface area contributed by atoms with Gasteiger partial charge in [0.25, 0.3) is 5.91 Å². The molecule has 162 valence electrons. The van der Waals surface area contributed by atoms with Gasteiger partial charge in [0.15, 0.2) is 17.6 Å². The third-order valence-electron chi connectivity index (χ3n) is 5.20. The summed E-state index contributed by atoms with van der Waals surface area (Å²) in [5, 5.41) is 3.02. The number of likely N-dealkylation sites (N-methyl/N-ethyl adjacent to an activating group) is 1. The standard InChI is InChI=1S/C25H27FN2O3/c1-17-10-12-23(31-4)21(14-17)27-25(29)24(19-8-6-5-7-9-19)28(2)16-18-11-13-22(30-3)20(26)15-18/h5-15,24H,16H2,1-4H3,(H,27,29)/p+1/t24-/m1/s1. The normalized spacial score (nSPS) is 12.7. The molecule has 31 heavy (non-hydrogen) atoms. The largest absolute Gasteiger partial charge is 0.495 e. The molecule has 0 fully saturated rings. The highest BCUT2D eigenvalue weighted by molar-refractivity contribution is 5.96. The number of hydrogen-bond donors (Lipinski definition) is 2. The first-order valence-corrected chi connectivity index (χ1v) is 10.1. The summed E-state index contributed by atoms with van der Waals surface area (Å²) in [6, 6.07) is 19.6. The molecule has 0 aliphatic heterocycles. The van der Waals surface area contributed by atoms with Crippen LogP contribution in [0.1, 0.15) is 22.7 Å². The van der Waals surface area contributed by atoms with Gasteiger partial charge in [-0.1, -0.05) is 36.4 Å². The number of aryl methyl sites for hydroxylation is 1. The molecule has 0 aliphatic rings. The lowest BCUT2D eigenvalue weighted by atomic mass is 10.0. The number of halogens is 1. The molecule has 0 spiro atoms. The Morgan fingerprint density at radius 2 is 1.68 bits per heavy atom. The molecule has 1 amide bonds. The summed E-state index contributed by atoms with van der Waals surface area (Å²) in [6.07, 6.45) is 0. The Balaban J connectivity index is 1.89. The molecule has 3 aromatic carbocycles. The smallest absolute Gasteiger partial charge is 0.287 e. The van der Waals surface area contributed by atoms with Crippen LogP contribution in [0.2, 0.25) is 0 Å². The fraction of sp³-hybridized carbons (Fsp3) is 0.240. The number of hydrogen-bond acceptors (Lipinski definition) is 3. The highest BCUT2D eigenvalue weighted by atomic mass is 19.1. The van der Waals surface area contributed by atoms with E-state index in [-0.39, 0.29) is 11.7 Å². The molecule has 0 saturated heterocycles. The van der Waals surface area contributed by atoms with E-state index in [2.05, 4.69) is 5.32 Å². The third kappa shape index (κ3) is 5.41. The summed E-state index contributed by atoms with van der Waals surface area (Å²) in [6.45, 7) is 2.41. The van der Waals surface area contributed by atoms with Crippen molar-refractivity contribution >= 4 is 11.6 Å². The van der Waals surface area contributed by atoms with E-state index in [1.54, 1.807) is 13.2 Å². The zero-order valence-electron chi connectivity index (χ0n) is 18.2. The van der Waals surface area contributed by atoms with Gasteiger partial charge in [-0.3, -0.25) is 4.79 Å². The van der Waals surface area contributed by atoms with Crippen molar-refractivity contribution in [3.63, 3.8) is 0 Å². The van der Waals surface area contributed by atoms with E-state index in [4.69, 9.17) is 9.47 Å². The second-order valence-corrected chi connectivity index (χ2v) is 7.53. The predicted octanol–water partition coefficient (Wildman–Crippen LogP) is 3.55. The van der Waals surface area contributed by atoms with E-state index in [1.165, 1.54) is 13.2 Å². The number of anilines is 1. The Morgan fingerprint density at radius 3 is 2.32 bits per heavy atom. The maximum absolute atomic E-state index is 14.2. The van der Waals surface area contributed by atoms with Crippen LogP contribution < -0.4 is 19.7 Å². The second kappa shape index (κ2) is 10.1. The Bertz CT molecular complexity index is 1040. The minimum atomic E-state index is -0.503. The molecule has 0 radical (unpaired) electrons. The van der Waals surface area contributed by atoms with Crippen LogP contribution in [0.25, 0.3) is 0 Å². The molecular formula is C25H28FN2O3+. The first-order chi connectivity index (χ1) is 14.9. The van der Waals surface area contributed by atoms with Crippen LogP contribution in [-0.2, 0) is 11.3 Å². The quantitative estimate of drug-likeness (QED) is 0.583. The molecule has 1 unspecified atom stereocenters. The summed E-state index contributed by atoms with van der Waals surface area (Å²) in [4.78, 5) is 14.3. The van der Waals surface area contributed by atoms with Gasteiger partial charge >= 0.3 is 0 Å². The van der Waals surface area contributed by atoms with E-state index in [1.807, 2.05) is 68.6 Å². The van der Waals surface area contributed by atoms with Crippen LogP contribution in [-0.4, -0.2) is 27.2 Å². The van der Waals surface area contributed by atoms with Crippen LogP contribution in [0.5, 0.6) is 11.5 Å². The maximum Gasteiger partial charge on any atom is 0.287 e. The summed E-state index contributed by atoms with van der Waals surface area (Å²) in [7, 11) is 4.93. The minimum Gasteiger partial charge on any atom is -0.495 e. The number of nitrogens with one attached hydrogen (secondary N) is 2. The zero-order chi connectivity index (χ0) is 22.4. The van der Waals surface area contributed by atoms with Crippen molar-refractivity contribution in [3.05, 3.63) is 89.2 Å². The van der Waals surface area contributed by atoms with Gasteiger partial charge in [-0.25, -0.2) is 4.39 Å². The Morgan fingerprint density at radius 1 is 1.00 bits per heavy atom. The van der Waals surface area contributed by atoms with Crippen LogP contribution in [0.3, 0.4) is 0 Å². The molecule has 3 aromatic rings. The SMILES string of the molecule is COc1ccc(C[NH+](C)[C@@H](C(=O)Nc2cc(C)ccc2OC)c2ccccc2)cc1F. The summed E-state index contributed by atoms with van der Waals surface area (Å²) in [5.41, 5.74) is 3.29. The number of benzene rings is 3. The van der Waals surface area contributed by atoms with Crippen molar-refractivity contribution in [2.75, 3.05) is 26.6 Å². The van der Waals surface area contributed by atoms with Crippen LogP contribution >= 0.6 is 0 Å². The summed E-state index contributed by atoms with van der Waals surface area (Å²) < 4.78 is 24.6. The first kappa shape index (κ1) is 22.3. The van der Waals surface area contributed by atoms with Gasteiger partial charge in [0.1, 0.15) is 12.3 Å². The van der Waals surface area contributed by atoms with Crippen molar-refractivity contribution in [2.24, 2.45) is 0 Å². The van der Waals surface area contributed by atoms with E-state index in [0.717, 1.165) is 21.6 Å². The number of ether oxygens (including phenoxy) is 2. The maximum atomic E-state index is 14.2. The topological polar surface area (TPSA) is 52.0 Å². The van der Waals surface area contributed by atoms with Crippen LogP contribution in [0.15, 0.2) is 66.7 Å². The van der Waals surface area contributed by atoms with Gasteiger partial charge in [-0.2, -0.15) is 0 Å². The lowest BCUT2D eigenvalue weighted by Gasteiger charge is -2.25. The number of rotatable bonds is 8. The van der Waals surface area contributed by atoms with Gasteiger partial charge in [0.05, 0.1) is 27.0 Å². The zero-order valence-corrected chi connectivity index (χ0v) is 18.2. The van der Waals surface area contributed by atoms with E-state index in [9.17, 15) is 9.18 Å². The highest BCUT2D eigenvalue weighted by Gasteiger charge is 2.30. The molecule has 0 heterocycles. The van der Waals surface area contributed by atoms with Gasteiger partial charge in [0.2, 0.25) is 0 Å². The van der Waals surface area contributed by atoms with E-state index in [0.29, 0.717) is 18.0 Å². The third-order valence-corrected chi connectivity index (χ3v) is 5.20. The van der Waals surface area contributed by atoms with Gasteiger partial charge in [-0.15, -0.1) is 0 Å². The molecule has 2 atom stereocenters. The Hall–Kier alpha value is -3.38. The summed E-state index contributed by atoms with van der Waals surface area (Å²) in [5.74, 6) is 0.213.